The standard InChI is InChI=1S/C13H17F2N3O/c1-17-5-4-11(16-17)6-12(19)18-7-9-2-3-10(8-18)13(9,14)15/h4-5,9-10H,2-3,6-8H2,1H3. The van der Waals surface area contributed by atoms with Crippen molar-refractivity contribution in [3.63, 3.8) is 0 Å². The Labute approximate surface area is 110 Å². The van der Waals surface area contributed by atoms with Crippen LogP contribution in [0.2, 0.25) is 0 Å². The molecule has 6 heteroatoms. The molecule has 2 heterocycles. The van der Waals surface area contributed by atoms with Crippen LogP contribution in [-0.4, -0.2) is 39.6 Å². The van der Waals surface area contributed by atoms with Gasteiger partial charge in [-0.3, -0.25) is 9.48 Å². The van der Waals surface area contributed by atoms with Gasteiger partial charge in [-0.05, 0) is 18.9 Å². The first-order valence-corrected chi connectivity index (χ1v) is 6.61. The number of aromatic nitrogens is 2. The zero-order chi connectivity index (χ0) is 13.6. The molecule has 1 saturated heterocycles. The van der Waals surface area contributed by atoms with Gasteiger partial charge in [0, 0.05) is 38.2 Å². The number of carbonyl (C=O) groups is 1. The lowest BCUT2D eigenvalue weighted by Crippen LogP contribution is -2.51. The summed E-state index contributed by atoms with van der Waals surface area (Å²) in [5.41, 5.74) is 0.692. The summed E-state index contributed by atoms with van der Waals surface area (Å²) in [6.07, 6.45) is 3.04. The summed E-state index contributed by atoms with van der Waals surface area (Å²) in [4.78, 5) is 13.7. The van der Waals surface area contributed by atoms with Gasteiger partial charge in [-0.2, -0.15) is 5.10 Å². The molecule has 3 rings (SSSR count). The molecule has 2 bridgehead atoms. The molecule has 1 aliphatic carbocycles. The number of carbonyl (C=O) groups excluding carboxylic acids is 1. The molecule has 0 aromatic carbocycles. The van der Waals surface area contributed by atoms with Crippen LogP contribution in [0.5, 0.6) is 0 Å². The van der Waals surface area contributed by atoms with E-state index in [9.17, 15) is 13.6 Å². The van der Waals surface area contributed by atoms with Crippen molar-refractivity contribution in [3.05, 3.63) is 18.0 Å². The van der Waals surface area contributed by atoms with Crippen molar-refractivity contribution < 1.29 is 13.6 Å². The average molecular weight is 269 g/mol. The molecule has 0 spiro atoms. The number of halogens is 2. The molecule has 0 N–H and O–H groups in total. The van der Waals surface area contributed by atoms with Gasteiger partial charge in [0.05, 0.1) is 12.1 Å². The number of piperidine rings is 1. The Balaban J connectivity index is 1.66. The monoisotopic (exact) mass is 269 g/mol. The van der Waals surface area contributed by atoms with Gasteiger partial charge in [-0.15, -0.1) is 0 Å². The smallest absolute Gasteiger partial charge is 0.257 e. The first-order valence-electron chi connectivity index (χ1n) is 6.61. The van der Waals surface area contributed by atoms with Crippen molar-refractivity contribution in [1.29, 1.82) is 0 Å². The number of nitrogens with zero attached hydrogens (tertiary/aromatic N) is 3. The minimum Gasteiger partial charge on any atom is -0.341 e. The van der Waals surface area contributed by atoms with Gasteiger partial charge in [0.25, 0.3) is 5.92 Å². The molecular formula is C13H17F2N3O. The molecule has 2 unspecified atom stereocenters. The normalized spacial score (nSPS) is 28.7. The SMILES string of the molecule is Cn1ccc(CC(=O)N2CC3CCC(C2)C3(F)F)n1. The van der Waals surface area contributed by atoms with E-state index in [0.29, 0.717) is 18.5 Å². The van der Waals surface area contributed by atoms with Crippen LogP contribution in [0, 0.1) is 11.8 Å². The van der Waals surface area contributed by atoms with Gasteiger partial charge in [0.15, 0.2) is 0 Å². The number of hydrogen-bond donors (Lipinski definition) is 0. The number of likely N-dealkylation sites (tertiary alicyclic amines) is 1. The molecule has 19 heavy (non-hydrogen) atoms. The fraction of sp³-hybridized carbons (Fsp3) is 0.692. The second kappa shape index (κ2) is 4.28. The molecule has 1 amide bonds. The Bertz CT molecular complexity index is 484. The van der Waals surface area contributed by atoms with Crippen LogP contribution in [0.4, 0.5) is 8.78 Å². The fourth-order valence-corrected chi connectivity index (χ4v) is 3.18. The predicted molar refractivity (Wildman–Crippen MR) is 64.7 cm³/mol. The van der Waals surface area contributed by atoms with Crippen molar-refractivity contribution in [2.45, 2.75) is 25.2 Å². The second-order valence-electron chi connectivity index (χ2n) is 5.60. The maximum Gasteiger partial charge on any atom is 0.257 e. The molecule has 1 aliphatic heterocycles. The molecule has 1 saturated carbocycles. The quantitative estimate of drug-likeness (QED) is 0.815. The summed E-state index contributed by atoms with van der Waals surface area (Å²) in [7, 11) is 1.79. The van der Waals surface area contributed by atoms with Crippen LogP contribution in [0.3, 0.4) is 0 Å². The maximum atomic E-state index is 13.8. The van der Waals surface area contributed by atoms with E-state index in [1.165, 1.54) is 0 Å². The summed E-state index contributed by atoms with van der Waals surface area (Å²) in [6.45, 7) is 0.379. The van der Waals surface area contributed by atoms with Gasteiger partial charge in [0.1, 0.15) is 0 Å². The van der Waals surface area contributed by atoms with E-state index >= 15 is 0 Å². The van der Waals surface area contributed by atoms with Crippen molar-refractivity contribution in [3.8, 4) is 0 Å². The van der Waals surface area contributed by atoms with E-state index in [1.807, 2.05) is 0 Å². The van der Waals surface area contributed by atoms with E-state index < -0.39 is 17.8 Å². The maximum absolute atomic E-state index is 13.8. The van der Waals surface area contributed by atoms with Gasteiger partial charge in [-0.1, -0.05) is 0 Å². The highest BCUT2D eigenvalue weighted by molar-refractivity contribution is 5.78. The van der Waals surface area contributed by atoms with Gasteiger partial charge in [0.2, 0.25) is 5.91 Å². The van der Waals surface area contributed by atoms with Crippen LogP contribution in [0.1, 0.15) is 18.5 Å². The van der Waals surface area contributed by atoms with E-state index in [1.54, 1.807) is 28.9 Å². The Kier molecular flexibility index (Phi) is 2.83. The molecule has 1 aromatic rings. The summed E-state index contributed by atoms with van der Waals surface area (Å²) in [6, 6.07) is 1.78. The largest absolute Gasteiger partial charge is 0.341 e. The number of amides is 1. The van der Waals surface area contributed by atoms with Crippen molar-refractivity contribution in [2.24, 2.45) is 18.9 Å². The molecule has 2 atom stereocenters. The average Bonchev–Trinajstić information content (AvgIpc) is 2.76. The summed E-state index contributed by atoms with van der Waals surface area (Å²) >= 11 is 0. The van der Waals surface area contributed by atoms with Gasteiger partial charge < -0.3 is 4.90 Å². The van der Waals surface area contributed by atoms with Crippen LogP contribution >= 0.6 is 0 Å². The third-order valence-corrected chi connectivity index (χ3v) is 4.29. The zero-order valence-corrected chi connectivity index (χ0v) is 10.9. The molecule has 2 aliphatic rings. The van der Waals surface area contributed by atoms with Crippen molar-refractivity contribution in [1.82, 2.24) is 14.7 Å². The number of fused-ring (bicyclic) bond motifs is 2. The van der Waals surface area contributed by atoms with Crippen LogP contribution in [0.25, 0.3) is 0 Å². The summed E-state index contributed by atoms with van der Waals surface area (Å²) in [5.74, 6) is -3.98. The zero-order valence-electron chi connectivity index (χ0n) is 10.9. The van der Waals surface area contributed by atoms with Gasteiger partial charge >= 0.3 is 0 Å². The van der Waals surface area contributed by atoms with Gasteiger partial charge in [-0.25, -0.2) is 8.78 Å². The third kappa shape index (κ3) is 2.13. The first kappa shape index (κ1) is 12.6. The Morgan fingerprint density at radius 2 is 2.05 bits per heavy atom. The summed E-state index contributed by atoms with van der Waals surface area (Å²) in [5, 5.41) is 4.15. The number of hydrogen-bond acceptors (Lipinski definition) is 2. The predicted octanol–water partition coefficient (Wildman–Crippen LogP) is 1.47. The Morgan fingerprint density at radius 1 is 1.42 bits per heavy atom. The van der Waals surface area contributed by atoms with Crippen molar-refractivity contribution >= 4 is 5.91 Å². The number of alkyl halides is 2. The van der Waals surface area contributed by atoms with Crippen LogP contribution in [0.15, 0.2) is 12.3 Å². The van der Waals surface area contributed by atoms with Crippen LogP contribution < -0.4 is 0 Å². The lowest BCUT2D eigenvalue weighted by atomic mass is 9.93. The topological polar surface area (TPSA) is 38.1 Å². The first-order chi connectivity index (χ1) is 8.96. The minimum absolute atomic E-state index is 0.0916. The van der Waals surface area contributed by atoms with Crippen molar-refractivity contribution in [2.75, 3.05) is 13.1 Å². The molecule has 2 fully saturated rings. The Hall–Kier alpha value is -1.46. The molecule has 1 aromatic heterocycles. The molecule has 0 radical (unpaired) electrons. The fourth-order valence-electron chi connectivity index (χ4n) is 3.18. The second-order valence-corrected chi connectivity index (χ2v) is 5.60. The lowest BCUT2D eigenvalue weighted by molar-refractivity contribution is -0.148. The molecule has 4 nitrogen and oxygen atoms in total. The number of aryl methyl sites for hydroxylation is 1. The number of rotatable bonds is 2. The van der Waals surface area contributed by atoms with E-state index in [2.05, 4.69) is 5.10 Å². The Morgan fingerprint density at radius 3 is 2.58 bits per heavy atom. The van der Waals surface area contributed by atoms with E-state index in [0.717, 1.165) is 0 Å². The van der Waals surface area contributed by atoms with E-state index in [-0.39, 0.29) is 25.4 Å². The lowest BCUT2D eigenvalue weighted by Gasteiger charge is -2.37. The minimum atomic E-state index is -2.58. The summed E-state index contributed by atoms with van der Waals surface area (Å²) < 4.78 is 29.2. The van der Waals surface area contributed by atoms with E-state index in [4.69, 9.17) is 0 Å². The molecular weight excluding hydrogens is 252 g/mol. The van der Waals surface area contributed by atoms with Crippen LogP contribution in [-0.2, 0) is 18.3 Å². The highest BCUT2D eigenvalue weighted by Crippen LogP contribution is 2.48. The highest BCUT2D eigenvalue weighted by Gasteiger charge is 2.56. The molecule has 104 valence electrons. The third-order valence-electron chi connectivity index (χ3n) is 4.29. The highest BCUT2D eigenvalue weighted by atomic mass is 19.3.